The first-order valence-corrected chi connectivity index (χ1v) is 10.1. The molecule has 0 fully saturated rings. The molecule has 0 saturated heterocycles. The lowest BCUT2D eigenvalue weighted by atomic mass is 10.1. The average molecular weight is 416 g/mol. The third-order valence-corrected chi connectivity index (χ3v) is 6.31. The van der Waals surface area contributed by atoms with Gasteiger partial charge in [0.25, 0.3) is 10.0 Å². The maximum Gasteiger partial charge on any atom is 0.326 e. The first kappa shape index (κ1) is 20.6. The zero-order chi connectivity index (χ0) is 19.5. The molecule has 0 aliphatic rings. The van der Waals surface area contributed by atoms with Crippen molar-refractivity contribution in [3.63, 3.8) is 0 Å². The molecule has 140 valence electrons. The van der Waals surface area contributed by atoms with Crippen molar-refractivity contribution in [1.82, 2.24) is 0 Å². The summed E-state index contributed by atoms with van der Waals surface area (Å²) in [6.45, 7) is 5.11. The van der Waals surface area contributed by atoms with Crippen LogP contribution >= 0.6 is 23.2 Å². The van der Waals surface area contributed by atoms with Crippen LogP contribution < -0.4 is 4.31 Å². The lowest BCUT2D eigenvalue weighted by molar-refractivity contribution is -0.141. The lowest BCUT2D eigenvalue weighted by Gasteiger charge is -2.25. The Balaban J connectivity index is 2.59. The van der Waals surface area contributed by atoms with Gasteiger partial charge in [0.1, 0.15) is 11.4 Å². The zero-order valence-electron chi connectivity index (χ0n) is 14.6. The van der Waals surface area contributed by atoms with Gasteiger partial charge in [-0.2, -0.15) is 0 Å². The van der Waals surface area contributed by atoms with Gasteiger partial charge in [-0.1, -0.05) is 29.3 Å². The number of anilines is 1. The second-order valence-corrected chi connectivity index (χ2v) is 8.33. The smallest absolute Gasteiger partial charge is 0.326 e. The molecule has 0 amide bonds. The maximum absolute atomic E-state index is 13.2. The van der Waals surface area contributed by atoms with Gasteiger partial charge >= 0.3 is 5.97 Å². The van der Waals surface area contributed by atoms with Gasteiger partial charge in [-0.3, -0.25) is 9.10 Å². The van der Waals surface area contributed by atoms with Crippen LogP contribution in [-0.2, 0) is 19.6 Å². The molecule has 0 atom stereocenters. The summed E-state index contributed by atoms with van der Waals surface area (Å²) >= 11 is 12.0. The van der Waals surface area contributed by atoms with Gasteiger partial charge in [-0.05, 0) is 62.2 Å². The summed E-state index contributed by atoms with van der Waals surface area (Å²) in [6.07, 6.45) is 0. The van der Waals surface area contributed by atoms with Gasteiger partial charge in [0.05, 0.1) is 17.3 Å². The third-order valence-electron chi connectivity index (χ3n) is 3.82. The molecular formula is C18H19Cl2NO4S. The van der Waals surface area contributed by atoms with Crippen LogP contribution in [0, 0.1) is 13.8 Å². The van der Waals surface area contributed by atoms with E-state index in [9.17, 15) is 13.2 Å². The number of ether oxygens (including phenoxy) is 1. The molecule has 8 heteroatoms. The number of aryl methyl sites for hydroxylation is 2. The Morgan fingerprint density at radius 1 is 1.08 bits per heavy atom. The average Bonchev–Trinajstić information content (AvgIpc) is 2.57. The third kappa shape index (κ3) is 4.50. The number of esters is 1. The zero-order valence-corrected chi connectivity index (χ0v) is 17.0. The van der Waals surface area contributed by atoms with Crippen molar-refractivity contribution in [3.8, 4) is 0 Å². The molecule has 0 saturated carbocycles. The number of sulfonamides is 1. The molecule has 0 radical (unpaired) electrons. The van der Waals surface area contributed by atoms with Gasteiger partial charge < -0.3 is 4.74 Å². The summed E-state index contributed by atoms with van der Waals surface area (Å²) in [5, 5.41) is 0.247. The van der Waals surface area contributed by atoms with E-state index in [4.69, 9.17) is 27.9 Å². The van der Waals surface area contributed by atoms with Crippen LogP contribution in [0.25, 0.3) is 0 Å². The summed E-state index contributed by atoms with van der Waals surface area (Å²) in [6, 6.07) is 9.28. The number of nitrogens with zero attached hydrogens (tertiary/aromatic N) is 1. The first-order chi connectivity index (χ1) is 12.2. The summed E-state index contributed by atoms with van der Waals surface area (Å²) < 4.78 is 32.3. The van der Waals surface area contributed by atoms with Crippen molar-refractivity contribution in [2.45, 2.75) is 25.7 Å². The molecule has 0 N–H and O–H groups in total. The van der Waals surface area contributed by atoms with Crippen molar-refractivity contribution in [2.75, 3.05) is 17.5 Å². The molecular weight excluding hydrogens is 397 g/mol. The maximum atomic E-state index is 13.2. The Morgan fingerprint density at radius 2 is 1.77 bits per heavy atom. The quantitative estimate of drug-likeness (QED) is 0.656. The van der Waals surface area contributed by atoms with E-state index in [1.165, 1.54) is 18.2 Å². The van der Waals surface area contributed by atoms with Gasteiger partial charge in [-0.15, -0.1) is 0 Å². The number of carbonyl (C=O) groups excluding carboxylic acids is 1. The molecule has 0 heterocycles. The second-order valence-electron chi connectivity index (χ2n) is 5.66. The first-order valence-electron chi connectivity index (χ1n) is 7.87. The summed E-state index contributed by atoms with van der Waals surface area (Å²) in [5.74, 6) is -0.660. The van der Waals surface area contributed by atoms with Crippen molar-refractivity contribution in [3.05, 3.63) is 57.6 Å². The fraction of sp³-hybridized carbons (Fsp3) is 0.278. The Morgan fingerprint density at radius 3 is 2.38 bits per heavy atom. The summed E-state index contributed by atoms with van der Waals surface area (Å²) in [5.41, 5.74) is 2.24. The Kier molecular flexibility index (Phi) is 6.55. The van der Waals surface area contributed by atoms with Crippen molar-refractivity contribution in [1.29, 1.82) is 0 Å². The van der Waals surface area contributed by atoms with Crippen LogP contribution in [-0.4, -0.2) is 27.5 Å². The van der Waals surface area contributed by atoms with Gasteiger partial charge in [0, 0.05) is 5.02 Å². The second kappa shape index (κ2) is 8.29. The van der Waals surface area contributed by atoms with E-state index < -0.39 is 22.5 Å². The van der Waals surface area contributed by atoms with Crippen LogP contribution in [0.5, 0.6) is 0 Å². The van der Waals surface area contributed by atoms with Crippen molar-refractivity contribution < 1.29 is 17.9 Å². The summed E-state index contributed by atoms with van der Waals surface area (Å²) in [4.78, 5) is 11.8. The van der Waals surface area contributed by atoms with Crippen molar-refractivity contribution in [2.24, 2.45) is 0 Å². The van der Waals surface area contributed by atoms with Crippen LogP contribution in [0.1, 0.15) is 18.1 Å². The Hall–Kier alpha value is -1.76. The van der Waals surface area contributed by atoms with E-state index in [-0.39, 0.29) is 21.5 Å². The number of halogens is 2. The molecule has 0 aliphatic heterocycles. The number of carbonyl (C=O) groups is 1. The molecule has 0 unspecified atom stereocenters. The van der Waals surface area contributed by atoms with Crippen molar-refractivity contribution >= 4 is 44.9 Å². The lowest BCUT2D eigenvalue weighted by Crippen LogP contribution is -2.36. The van der Waals surface area contributed by atoms with E-state index in [0.717, 1.165) is 15.4 Å². The largest absolute Gasteiger partial charge is 0.465 e. The highest BCUT2D eigenvalue weighted by Crippen LogP contribution is 2.31. The molecule has 2 aromatic carbocycles. The van der Waals surface area contributed by atoms with Crippen LogP contribution in [0.4, 0.5) is 5.69 Å². The normalized spacial score (nSPS) is 11.3. The molecule has 0 spiro atoms. The molecule has 0 aromatic heterocycles. The van der Waals surface area contributed by atoms with Crippen LogP contribution in [0.2, 0.25) is 10.0 Å². The standard InChI is InChI=1S/C18H19Cl2NO4S/c1-4-25-18(22)11-21(15-7-5-12(2)13(3)9-15)26(23,24)17-10-14(19)6-8-16(17)20/h5-10H,4,11H2,1-3H3. The topological polar surface area (TPSA) is 63.7 Å². The number of benzene rings is 2. The molecule has 5 nitrogen and oxygen atoms in total. The van der Waals surface area contributed by atoms with E-state index in [2.05, 4.69) is 0 Å². The molecule has 2 rings (SSSR count). The van der Waals surface area contributed by atoms with Crippen LogP contribution in [0.3, 0.4) is 0 Å². The minimum atomic E-state index is -4.13. The fourth-order valence-electron chi connectivity index (χ4n) is 2.31. The van der Waals surface area contributed by atoms with E-state index in [1.54, 1.807) is 25.1 Å². The van der Waals surface area contributed by atoms with Gasteiger partial charge in [0.2, 0.25) is 0 Å². The number of hydrogen-bond acceptors (Lipinski definition) is 4. The van der Waals surface area contributed by atoms with E-state index >= 15 is 0 Å². The Labute approximate surface area is 163 Å². The molecule has 2 aromatic rings. The fourth-order valence-corrected chi connectivity index (χ4v) is 4.45. The minimum Gasteiger partial charge on any atom is -0.465 e. The van der Waals surface area contributed by atoms with E-state index in [0.29, 0.717) is 5.69 Å². The number of rotatable bonds is 6. The van der Waals surface area contributed by atoms with E-state index in [1.807, 2.05) is 13.8 Å². The highest BCUT2D eigenvalue weighted by Gasteiger charge is 2.30. The monoisotopic (exact) mass is 415 g/mol. The number of hydrogen-bond donors (Lipinski definition) is 0. The minimum absolute atomic E-state index is 0.0205. The molecule has 26 heavy (non-hydrogen) atoms. The predicted octanol–water partition coefficient (Wildman–Crippen LogP) is 4.37. The summed E-state index contributed by atoms with van der Waals surface area (Å²) in [7, 11) is -4.13. The Bertz CT molecular complexity index is 929. The van der Waals surface area contributed by atoms with Gasteiger partial charge in [-0.25, -0.2) is 8.42 Å². The highest BCUT2D eigenvalue weighted by molar-refractivity contribution is 7.93. The van der Waals surface area contributed by atoms with Crippen LogP contribution in [0.15, 0.2) is 41.3 Å². The molecule has 0 bridgehead atoms. The predicted molar refractivity (Wildman–Crippen MR) is 104 cm³/mol. The SMILES string of the molecule is CCOC(=O)CN(c1ccc(C)c(C)c1)S(=O)(=O)c1cc(Cl)ccc1Cl. The van der Waals surface area contributed by atoms with Gasteiger partial charge in [0.15, 0.2) is 0 Å². The highest BCUT2D eigenvalue weighted by atomic mass is 35.5. The molecule has 0 aliphatic carbocycles.